The standard InChI is InChI=1S/C33H34N4OS/c1-4-36-32(38)31(39-33(36)34-27-15-17-28(18-16-27)35-19-8-5-9-20-35)22-26-21-23(2)37(24(26)3)30-14-10-12-25-11-6-7-13-29(25)30/h6-7,10-18,21-22H,4-5,8-9,19-20H2,1-3H3/b31-22-,34-33?. The maximum atomic E-state index is 13.4. The maximum absolute atomic E-state index is 13.4. The first-order valence-corrected chi connectivity index (χ1v) is 14.7. The normalized spacial score (nSPS) is 18.2. The van der Waals surface area contributed by atoms with Crippen molar-refractivity contribution in [1.82, 2.24) is 9.47 Å². The Bertz CT molecular complexity index is 1590. The molecule has 0 unspecified atom stereocenters. The first kappa shape index (κ1) is 25.5. The molecule has 4 aromatic rings. The molecule has 0 atom stereocenters. The van der Waals surface area contributed by atoms with Crippen LogP contribution in [0.4, 0.5) is 11.4 Å². The molecule has 0 bridgehead atoms. The number of fused-ring (bicyclic) bond motifs is 1. The first-order chi connectivity index (χ1) is 19.0. The van der Waals surface area contributed by atoms with E-state index < -0.39 is 0 Å². The molecule has 2 fully saturated rings. The monoisotopic (exact) mass is 534 g/mol. The molecule has 198 valence electrons. The highest BCUT2D eigenvalue weighted by Crippen LogP contribution is 2.36. The van der Waals surface area contributed by atoms with Crippen LogP contribution in [0.3, 0.4) is 0 Å². The molecule has 2 aliphatic heterocycles. The lowest BCUT2D eigenvalue weighted by molar-refractivity contribution is -0.122. The molecule has 3 aromatic carbocycles. The summed E-state index contributed by atoms with van der Waals surface area (Å²) in [4.78, 5) is 23.2. The number of likely N-dealkylation sites (N-methyl/N-ethyl adjacent to an activating group) is 1. The lowest BCUT2D eigenvalue weighted by Crippen LogP contribution is -2.29. The Labute approximate surface area is 234 Å². The Kier molecular flexibility index (Phi) is 7.05. The number of aryl methyl sites for hydroxylation is 1. The average Bonchev–Trinajstić information content (AvgIpc) is 3.42. The van der Waals surface area contributed by atoms with E-state index in [0.717, 1.165) is 46.6 Å². The first-order valence-electron chi connectivity index (χ1n) is 13.9. The van der Waals surface area contributed by atoms with Crippen LogP contribution in [0.1, 0.15) is 43.1 Å². The molecule has 6 rings (SSSR count). The smallest absolute Gasteiger partial charge is 0.266 e. The van der Waals surface area contributed by atoms with Crippen molar-refractivity contribution in [3.8, 4) is 5.69 Å². The van der Waals surface area contributed by atoms with Gasteiger partial charge in [-0.15, -0.1) is 0 Å². The van der Waals surface area contributed by atoms with E-state index in [2.05, 4.69) is 96.1 Å². The van der Waals surface area contributed by atoms with Gasteiger partial charge in [0, 0.05) is 42.1 Å². The minimum absolute atomic E-state index is 0.0150. The average molecular weight is 535 g/mol. The van der Waals surface area contributed by atoms with E-state index in [-0.39, 0.29) is 5.91 Å². The number of thioether (sulfide) groups is 1. The molecular formula is C33H34N4OS. The molecule has 39 heavy (non-hydrogen) atoms. The van der Waals surface area contributed by atoms with Crippen LogP contribution in [0.15, 0.2) is 82.7 Å². The molecule has 0 aliphatic carbocycles. The maximum Gasteiger partial charge on any atom is 0.266 e. The van der Waals surface area contributed by atoms with Crippen LogP contribution in [0.2, 0.25) is 0 Å². The van der Waals surface area contributed by atoms with Crippen molar-refractivity contribution in [3.63, 3.8) is 0 Å². The van der Waals surface area contributed by atoms with Gasteiger partial charge in [0.2, 0.25) is 0 Å². The Morgan fingerprint density at radius 2 is 1.67 bits per heavy atom. The van der Waals surface area contributed by atoms with Gasteiger partial charge < -0.3 is 9.47 Å². The summed E-state index contributed by atoms with van der Waals surface area (Å²) in [6.45, 7) is 9.08. The lowest BCUT2D eigenvalue weighted by atomic mass is 10.1. The largest absolute Gasteiger partial charge is 0.372 e. The molecule has 6 heteroatoms. The van der Waals surface area contributed by atoms with E-state index in [1.54, 1.807) is 4.90 Å². The fourth-order valence-corrected chi connectivity index (χ4v) is 6.77. The van der Waals surface area contributed by atoms with E-state index in [1.807, 2.05) is 13.0 Å². The number of anilines is 1. The van der Waals surface area contributed by atoms with Crippen LogP contribution in [0.5, 0.6) is 0 Å². The molecule has 1 amide bonds. The van der Waals surface area contributed by atoms with Gasteiger partial charge in [0.1, 0.15) is 0 Å². The fraction of sp³-hybridized carbons (Fsp3) is 0.273. The number of carbonyl (C=O) groups is 1. The molecule has 0 N–H and O–H groups in total. The summed E-state index contributed by atoms with van der Waals surface area (Å²) >= 11 is 1.46. The van der Waals surface area contributed by atoms with Gasteiger partial charge in [0.25, 0.3) is 5.91 Å². The number of hydrogen-bond donors (Lipinski definition) is 0. The van der Waals surface area contributed by atoms with E-state index in [1.165, 1.54) is 47.5 Å². The highest BCUT2D eigenvalue weighted by molar-refractivity contribution is 8.18. The predicted octanol–water partition coefficient (Wildman–Crippen LogP) is 7.86. The third-order valence-electron chi connectivity index (χ3n) is 7.76. The van der Waals surface area contributed by atoms with Crippen LogP contribution in [-0.2, 0) is 4.79 Å². The third-order valence-corrected chi connectivity index (χ3v) is 8.77. The van der Waals surface area contributed by atoms with Gasteiger partial charge in [0.05, 0.1) is 16.3 Å². The summed E-state index contributed by atoms with van der Waals surface area (Å²) in [5.74, 6) is 0.0150. The number of amidine groups is 1. The summed E-state index contributed by atoms with van der Waals surface area (Å²) in [6, 6.07) is 25.5. The predicted molar refractivity (Wildman–Crippen MR) is 165 cm³/mol. The van der Waals surface area contributed by atoms with Crippen LogP contribution in [-0.4, -0.2) is 40.2 Å². The summed E-state index contributed by atoms with van der Waals surface area (Å²) in [5, 5.41) is 3.17. The molecule has 0 radical (unpaired) electrons. The quantitative estimate of drug-likeness (QED) is 0.245. The number of carbonyl (C=O) groups excluding carboxylic acids is 1. The zero-order valence-corrected chi connectivity index (χ0v) is 23.7. The minimum Gasteiger partial charge on any atom is -0.372 e. The van der Waals surface area contributed by atoms with E-state index in [0.29, 0.717) is 11.4 Å². The molecule has 5 nitrogen and oxygen atoms in total. The minimum atomic E-state index is 0.0150. The Morgan fingerprint density at radius 1 is 0.923 bits per heavy atom. The third kappa shape index (κ3) is 4.89. The van der Waals surface area contributed by atoms with E-state index in [9.17, 15) is 4.79 Å². The lowest BCUT2D eigenvalue weighted by Gasteiger charge is -2.28. The number of nitrogens with zero attached hydrogens (tertiary/aromatic N) is 4. The number of benzene rings is 3. The van der Waals surface area contributed by atoms with Crippen molar-refractivity contribution >= 4 is 51.1 Å². The van der Waals surface area contributed by atoms with Crippen molar-refractivity contribution in [2.75, 3.05) is 24.5 Å². The number of piperidine rings is 1. The number of aromatic nitrogens is 1. The Hall–Kier alpha value is -3.77. The summed E-state index contributed by atoms with van der Waals surface area (Å²) in [5.41, 5.74) is 6.60. The topological polar surface area (TPSA) is 40.8 Å². The molecule has 3 heterocycles. The molecule has 2 aliphatic rings. The number of hydrogen-bond acceptors (Lipinski definition) is 4. The van der Waals surface area contributed by atoms with Gasteiger partial charge in [0.15, 0.2) is 5.17 Å². The van der Waals surface area contributed by atoms with Crippen molar-refractivity contribution in [3.05, 3.63) is 94.7 Å². The molecule has 0 saturated carbocycles. The molecular weight excluding hydrogens is 500 g/mol. The molecule has 2 saturated heterocycles. The fourth-order valence-electron chi connectivity index (χ4n) is 5.72. The van der Waals surface area contributed by atoms with Crippen molar-refractivity contribution in [2.24, 2.45) is 4.99 Å². The van der Waals surface area contributed by atoms with Gasteiger partial charge in [-0.25, -0.2) is 4.99 Å². The number of rotatable bonds is 5. The van der Waals surface area contributed by atoms with Crippen LogP contribution >= 0.6 is 11.8 Å². The number of aliphatic imine (C=N–C) groups is 1. The highest BCUT2D eigenvalue weighted by atomic mass is 32.2. The second kappa shape index (κ2) is 10.8. The molecule has 1 aromatic heterocycles. The van der Waals surface area contributed by atoms with Gasteiger partial charge in [-0.05, 0) is 105 Å². The van der Waals surface area contributed by atoms with Crippen molar-refractivity contribution in [2.45, 2.75) is 40.0 Å². The highest BCUT2D eigenvalue weighted by Gasteiger charge is 2.32. The summed E-state index contributed by atoms with van der Waals surface area (Å²) < 4.78 is 2.29. The van der Waals surface area contributed by atoms with Gasteiger partial charge in [-0.2, -0.15) is 0 Å². The number of amides is 1. The van der Waals surface area contributed by atoms with Crippen LogP contribution in [0.25, 0.3) is 22.5 Å². The Morgan fingerprint density at radius 3 is 2.44 bits per heavy atom. The second-order valence-electron chi connectivity index (χ2n) is 10.3. The zero-order chi connectivity index (χ0) is 26.9. The molecule has 0 spiro atoms. The second-order valence-corrected chi connectivity index (χ2v) is 11.3. The van der Waals surface area contributed by atoms with E-state index >= 15 is 0 Å². The van der Waals surface area contributed by atoms with Gasteiger partial charge in [-0.3, -0.25) is 9.69 Å². The van der Waals surface area contributed by atoms with Gasteiger partial charge in [-0.1, -0.05) is 36.4 Å². The van der Waals surface area contributed by atoms with Crippen molar-refractivity contribution < 1.29 is 4.79 Å². The summed E-state index contributed by atoms with van der Waals surface area (Å²) in [6.07, 6.45) is 5.87. The van der Waals surface area contributed by atoms with E-state index in [4.69, 9.17) is 4.99 Å². The van der Waals surface area contributed by atoms with Crippen LogP contribution in [0, 0.1) is 13.8 Å². The summed E-state index contributed by atoms with van der Waals surface area (Å²) in [7, 11) is 0. The van der Waals surface area contributed by atoms with Crippen molar-refractivity contribution in [1.29, 1.82) is 0 Å². The SMILES string of the molecule is CCN1C(=O)/C(=C/c2cc(C)n(-c3cccc4ccccc34)c2C)SC1=Nc1ccc(N2CCCCC2)cc1. The zero-order valence-electron chi connectivity index (χ0n) is 22.9. The Balaban J connectivity index is 1.30. The van der Waals surface area contributed by atoms with Gasteiger partial charge >= 0.3 is 0 Å². The van der Waals surface area contributed by atoms with Crippen LogP contribution < -0.4 is 4.90 Å².